The number of nitro groups is 1. The zero-order valence-electron chi connectivity index (χ0n) is 14.3. The number of nitrogens with one attached hydrogen (secondary N) is 2. The normalized spacial score (nSPS) is 12.0. The highest BCUT2D eigenvalue weighted by atomic mass is 16.6. The lowest BCUT2D eigenvalue weighted by molar-refractivity contribution is -0.384. The fourth-order valence-corrected chi connectivity index (χ4v) is 2.41. The van der Waals surface area contributed by atoms with Crippen molar-refractivity contribution in [1.29, 1.82) is 0 Å². The van der Waals surface area contributed by atoms with E-state index in [0.717, 1.165) is 5.76 Å². The molecule has 0 fully saturated rings. The molecule has 1 amide bonds. The van der Waals surface area contributed by atoms with Crippen molar-refractivity contribution >= 4 is 17.3 Å². The summed E-state index contributed by atoms with van der Waals surface area (Å²) in [4.78, 5) is 24.5. The van der Waals surface area contributed by atoms with E-state index in [1.807, 2.05) is 31.1 Å². The minimum atomic E-state index is -0.451. The van der Waals surface area contributed by atoms with Crippen molar-refractivity contribution in [3.05, 3.63) is 58.5 Å². The van der Waals surface area contributed by atoms with Gasteiger partial charge in [0, 0.05) is 25.6 Å². The molecule has 0 bridgehead atoms. The Labute approximate surface area is 146 Å². The highest BCUT2D eigenvalue weighted by Crippen LogP contribution is 2.23. The molecule has 2 aromatic rings. The third-order valence-electron chi connectivity index (χ3n) is 3.76. The Balaban J connectivity index is 1.80. The molecule has 0 aliphatic heterocycles. The Bertz CT molecular complexity index is 700. The summed E-state index contributed by atoms with van der Waals surface area (Å²) < 4.78 is 5.39. The van der Waals surface area contributed by atoms with E-state index in [9.17, 15) is 14.9 Å². The summed E-state index contributed by atoms with van der Waals surface area (Å²) >= 11 is 0. The minimum absolute atomic E-state index is 0.00611. The summed E-state index contributed by atoms with van der Waals surface area (Å²) in [5.41, 5.74) is 0.399. The molecule has 0 spiro atoms. The van der Waals surface area contributed by atoms with Crippen LogP contribution in [0.1, 0.15) is 18.2 Å². The van der Waals surface area contributed by atoms with Gasteiger partial charge in [-0.25, -0.2) is 0 Å². The van der Waals surface area contributed by atoms with Crippen molar-refractivity contribution in [2.24, 2.45) is 0 Å². The standard InChI is InChI=1S/C17H22N4O4/c1-20(2)15(16-8-5-11-25-16)12-19-17(22)9-10-18-13-6-3-4-7-14(13)21(23)24/h3-8,11,15,18H,9-10,12H2,1-2H3,(H,19,22). The number of para-hydroxylation sites is 2. The van der Waals surface area contributed by atoms with Crippen molar-refractivity contribution in [3.63, 3.8) is 0 Å². The quantitative estimate of drug-likeness (QED) is 0.534. The molecule has 2 rings (SSSR count). The molecule has 1 aromatic heterocycles. The van der Waals surface area contributed by atoms with Gasteiger partial charge in [0.2, 0.25) is 5.91 Å². The molecule has 0 aliphatic carbocycles. The molecular weight excluding hydrogens is 324 g/mol. The molecule has 8 heteroatoms. The fraction of sp³-hybridized carbons (Fsp3) is 0.353. The highest BCUT2D eigenvalue weighted by molar-refractivity contribution is 5.76. The van der Waals surface area contributed by atoms with Crippen LogP contribution < -0.4 is 10.6 Å². The summed E-state index contributed by atoms with van der Waals surface area (Å²) in [6.07, 6.45) is 1.81. The lowest BCUT2D eigenvalue weighted by atomic mass is 10.2. The van der Waals surface area contributed by atoms with Crippen LogP contribution >= 0.6 is 0 Å². The number of hydrogen-bond donors (Lipinski definition) is 2. The Hall–Kier alpha value is -2.87. The Kier molecular flexibility index (Phi) is 6.53. The first-order valence-electron chi connectivity index (χ1n) is 7.93. The maximum absolute atomic E-state index is 12.0. The molecular formula is C17H22N4O4. The summed E-state index contributed by atoms with van der Waals surface area (Å²) in [5.74, 6) is 0.646. The van der Waals surface area contributed by atoms with Crippen LogP contribution in [0.5, 0.6) is 0 Å². The molecule has 1 heterocycles. The number of amides is 1. The second-order valence-electron chi connectivity index (χ2n) is 5.75. The first kappa shape index (κ1) is 18.5. The van der Waals surface area contributed by atoms with E-state index in [0.29, 0.717) is 18.8 Å². The maximum Gasteiger partial charge on any atom is 0.292 e. The lowest BCUT2D eigenvalue weighted by Crippen LogP contribution is -2.35. The topological polar surface area (TPSA) is 101 Å². The van der Waals surface area contributed by atoms with Crippen LogP contribution in [0, 0.1) is 10.1 Å². The number of anilines is 1. The number of carbonyl (C=O) groups excluding carboxylic acids is 1. The SMILES string of the molecule is CN(C)C(CNC(=O)CCNc1ccccc1[N+](=O)[O-])c1ccco1. The van der Waals surface area contributed by atoms with Gasteiger partial charge in [0.25, 0.3) is 5.69 Å². The molecule has 0 saturated carbocycles. The van der Waals surface area contributed by atoms with Crippen LogP contribution in [0.3, 0.4) is 0 Å². The van der Waals surface area contributed by atoms with Crippen molar-refractivity contribution in [2.75, 3.05) is 32.5 Å². The molecule has 2 N–H and O–H groups in total. The average molecular weight is 346 g/mol. The summed E-state index contributed by atoms with van der Waals surface area (Å²) in [5, 5.41) is 16.7. The van der Waals surface area contributed by atoms with Gasteiger partial charge < -0.3 is 15.1 Å². The maximum atomic E-state index is 12.0. The van der Waals surface area contributed by atoms with E-state index in [1.165, 1.54) is 6.07 Å². The van der Waals surface area contributed by atoms with Gasteiger partial charge in [-0.05, 0) is 32.3 Å². The Morgan fingerprint density at radius 3 is 2.68 bits per heavy atom. The number of nitro benzene ring substituents is 1. The number of carbonyl (C=O) groups is 1. The zero-order valence-corrected chi connectivity index (χ0v) is 14.3. The number of furan rings is 1. The van der Waals surface area contributed by atoms with E-state index in [4.69, 9.17) is 4.42 Å². The van der Waals surface area contributed by atoms with Crippen molar-refractivity contribution in [2.45, 2.75) is 12.5 Å². The lowest BCUT2D eigenvalue weighted by Gasteiger charge is -2.22. The van der Waals surface area contributed by atoms with Crippen molar-refractivity contribution in [3.8, 4) is 0 Å². The molecule has 1 unspecified atom stereocenters. The van der Waals surface area contributed by atoms with Gasteiger partial charge in [0.15, 0.2) is 0 Å². The monoisotopic (exact) mass is 346 g/mol. The summed E-state index contributed by atoms with van der Waals surface area (Å²) in [6, 6.07) is 9.98. The van der Waals surface area contributed by atoms with Gasteiger partial charge in [-0.3, -0.25) is 19.8 Å². The molecule has 1 atom stereocenters. The predicted octanol–water partition coefficient (Wildman–Crippen LogP) is 2.41. The van der Waals surface area contributed by atoms with Gasteiger partial charge in [-0.15, -0.1) is 0 Å². The van der Waals surface area contributed by atoms with Crippen LogP contribution in [0.15, 0.2) is 47.1 Å². The van der Waals surface area contributed by atoms with E-state index < -0.39 is 4.92 Å². The zero-order chi connectivity index (χ0) is 18.2. The van der Waals surface area contributed by atoms with E-state index in [2.05, 4.69) is 10.6 Å². The molecule has 8 nitrogen and oxygen atoms in total. The molecule has 134 valence electrons. The number of benzene rings is 1. The van der Waals surface area contributed by atoms with Gasteiger partial charge in [0.1, 0.15) is 11.4 Å². The van der Waals surface area contributed by atoms with Crippen LogP contribution in [-0.2, 0) is 4.79 Å². The van der Waals surface area contributed by atoms with Crippen molar-refractivity contribution < 1.29 is 14.1 Å². The summed E-state index contributed by atoms with van der Waals surface area (Å²) in [6.45, 7) is 0.731. The van der Waals surface area contributed by atoms with E-state index in [-0.39, 0.29) is 24.1 Å². The first-order valence-corrected chi connectivity index (χ1v) is 7.93. The van der Waals surface area contributed by atoms with Crippen LogP contribution in [0.4, 0.5) is 11.4 Å². The van der Waals surface area contributed by atoms with Crippen molar-refractivity contribution in [1.82, 2.24) is 10.2 Å². The van der Waals surface area contributed by atoms with E-state index in [1.54, 1.807) is 24.5 Å². The number of hydrogen-bond acceptors (Lipinski definition) is 6. The van der Waals surface area contributed by atoms with Gasteiger partial charge in [0.05, 0.1) is 17.2 Å². The molecule has 25 heavy (non-hydrogen) atoms. The van der Waals surface area contributed by atoms with E-state index >= 15 is 0 Å². The van der Waals surface area contributed by atoms with Gasteiger partial charge in [-0.2, -0.15) is 0 Å². The van der Waals surface area contributed by atoms with Gasteiger partial charge >= 0.3 is 0 Å². The summed E-state index contributed by atoms with van der Waals surface area (Å²) in [7, 11) is 3.82. The number of rotatable bonds is 9. The molecule has 0 radical (unpaired) electrons. The molecule has 1 aromatic carbocycles. The smallest absolute Gasteiger partial charge is 0.292 e. The first-order chi connectivity index (χ1) is 12.0. The number of likely N-dealkylation sites (N-methyl/N-ethyl adjacent to an activating group) is 1. The Morgan fingerprint density at radius 2 is 2.04 bits per heavy atom. The van der Waals surface area contributed by atoms with Crippen LogP contribution in [0.25, 0.3) is 0 Å². The molecule has 0 aliphatic rings. The average Bonchev–Trinajstić information content (AvgIpc) is 3.09. The number of nitrogens with zero attached hydrogens (tertiary/aromatic N) is 2. The highest BCUT2D eigenvalue weighted by Gasteiger charge is 2.18. The van der Waals surface area contributed by atoms with Crippen LogP contribution in [0.2, 0.25) is 0 Å². The Morgan fingerprint density at radius 1 is 1.28 bits per heavy atom. The largest absolute Gasteiger partial charge is 0.468 e. The van der Waals surface area contributed by atoms with Crippen LogP contribution in [-0.4, -0.2) is 42.9 Å². The predicted molar refractivity (Wildman–Crippen MR) is 94.3 cm³/mol. The fourth-order valence-electron chi connectivity index (χ4n) is 2.41. The third kappa shape index (κ3) is 5.32. The molecule has 0 saturated heterocycles. The third-order valence-corrected chi connectivity index (χ3v) is 3.76. The second kappa shape index (κ2) is 8.84. The minimum Gasteiger partial charge on any atom is -0.468 e. The van der Waals surface area contributed by atoms with Gasteiger partial charge in [-0.1, -0.05) is 12.1 Å². The second-order valence-corrected chi connectivity index (χ2v) is 5.75.